The average Bonchev–Trinajstić information content (AvgIpc) is 2.74. The molecule has 1 unspecified atom stereocenters. The van der Waals surface area contributed by atoms with Gasteiger partial charge in [0.25, 0.3) is 0 Å². The van der Waals surface area contributed by atoms with E-state index in [2.05, 4.69) is 47.7 Å². The quantitative estimate of drug-likeness (QED) is 0.851. The van der Waals surface area contributed by atoms with E-state index in [9.17, 15) is 0 Å². The third-order valence-corrected chi connectivity index (χ3v) is 2.80. The normalized spacial score (nSPS) is 12.6. The predicted molar refractivity (Wildman–Crippen MR) is 69.7 cm³/mol. The zero-order valence-electron chi connectivity index (χ0n) is 10.4. The number of hydrogen-bond donors (Lipinski definition) is 1. The predicted octanol–water partition coefficient (Wildman–Crippen LogP) is 2.14. The Morgan fingerprint density at radius 2 is 2.00 bits per heavy atom. The molecule has 0 aliphatic rings. The van der Waals surface area contributed by atoms with Crippen molar-refractivity contribution in [3.05, 3.63) is 53.9 Å². The molecule has 0 amide bonds. The average molecular weight is 229 g/mol. The molecule has 90 valence electrons. The molecule has 3 nitrogen and oxygen atoms in total. The van der Waals surface area contributed by atoms with Crippen LogP contribution in [-0.4, -0.2) is 15.8 Å². The molecule has 0 saturated carbocycles. The van der Waals surface area contributed by atoms with Crippen LogP contribution in [0, 0.1) is 0 Å². The number of nitrogens with zero attached hydrogens (tertiary/aromatic N) is 2. The lowest BCUT2D eigenvalue weighted by atomic mass is 10.1. The summed E-state index contributed by atoms with van der Waals surface area (Å²) in [6, 6.07) is 11.0. The van der Waals surface area contributed by atoms with Crippen LogP contribution in [0.1, 0.15) is 18.1 Å². The molecule has 0 saturated heterocycles. The highest BCUT2D eigenvalue weighted by Crippen LogP contribution is 2.04. The maximum atomic E-state index is 4.16. The Kier molecular flexibility index (Phi) is 3.94. The van der Waals surface area contributed by atoms with Gasteiger partial charge in [0.1, 0.15) is 0 Å². The van der Waals surface area contributed by atoms with Crippen LogP contribution in [0.5, 0.6) is 0 Å². The van der Waals surface area contributed by atoms with Gasteiger partial charge in [0.15, 0.2) is 0 Å². The Hall–Kier alpha value is -1.61. The van der Waals surface area contributed by atoms with Crippen LogP contribution < -0.4 is 5.32 Å². The fraction of sp³-hybridized carbons (Fsp3) is 0.357. The lowest BCUT2D eigenvalue weighted by molar-refractivity contribution is 0.545. The minimum absolute atomic E-state index is 0.470. The van der Waals surface area contributed by atoms with Crippen LogP contribution in [0.2, 0.25) is 0 Å². The number of hydrogen-bond acceptors (Lipinski definition) is 2. The van der Waals surface area contributed by atoms with Gasteiger partial charge in [-0.3, -0.25) is 4.68 Å². The number of nitrogens with one attached hydrogen (secondary N) is 1. The summed E-state index contributed by atoms with van der Waals surface area (Å²) in [6.45, 7) is 3.09. The van der Waals surface area contributed by atoms with Crippen molar-refractivity contribution in [1.82, 2.24) is 15.1 Å². The maximum Gasteiger partial charge on any atom is 0.0534 e. The van der Waals surface area contributed by atoms with Crippen molar-refractivity contribution < 1.29 is 0 Å². The molecule has 1 atom stereocenters. The zero-order valence-corrected chi connectivity index (χ0v) is 10.4. The summed E-state index contributed by atoms with van der Waals surface area (Å²) < 4.78 is 1.83. The van der Waals surface area contributed by atoms with Crippen molar-refractivity contribution in [1.29, 1.82) is 0 Å². The lowest BCUT2D eigenvalue weighted by Gasteiger charge is -2.12. The first-order valence-electron chi connectivity index (χ1n) is 5.99. The second-order valence-electron chi connectivity index (χ2n) is 4.49. The Morgan fingerprint density at radius 3 is 2.65 bits per heavy atom. The molecule has 0 bridgehead atoms. The Balaban J connectivity index is 1.80. The highest BCUT2D eigenvalue weighted by Gasteiger charge is 2.03. The number of aromatic nitrogens is 2. The zero-order chi connectivity index (χ0) is 12.1. The van der Waals surface area contributed by atoms with Crippen LogP contribution in [0.25, 0.3) is 0 Å². The van der Waals surface area contributed by atoms with Crippen LogP contribution in [0.3, 0.4) is 0 Å². The first kappa shape index (κ1) is 11.9. The molecule has 1 N–H and O–H groups in total. The molecular formula is C14H19N3. The highest BCUT2D eigenvalue weighted by atomic mass is 15.2. The Bertz CT molecular complexity index is 448. The molecule has 1 heterocycles. The van der Waals surface area contributed by atoms with Crippen molar-refractivity contribution in [2.45, 2.75) is 25.9 Å². The summed E-state index contributed by atoms with van der Waals surface area (Å²) in [5.74, 6) is 0. The molecule has 1 aromatic heterocycles. The Labute approximate surface area is 102 Å². The van der Waals surface area contributed by atoms with Crippen LogP contribution >= 0.6 is 0 Å². The highest BCUT2D eigenvalue weighted by molar-refractivity contribution is 5.15. The van der Waals surface area contributed by atoms with Gasteiger partial charge in [-0.25, -0.2) is 0 Å². The minimum atomic E-state index is 0.470. The lowest BCUT2D eigenvalue weighted by Crippen LogP contribution is -2.27. The van der Waals surface area contributed by atoms with Crippen molar-refractivity contribution in [3.63, 3.8) is 0 Å². The SMILES string of the molecule is CC(Cc1ccccc1)NCc1cnn(C)c1. The molecule has 0 radical (unpaired) electrons. The molecule has 2 rings (SSSR count). The fourth-order valence-corrected chi connectivity index (χ4v) is 1.90. The van der Waals surface area contributed by atoms with E-state index in [1.54, 1.807) is 0 Å². The third kappa shape index (κ3) is 3.71. The van der Waals surface area contributed by atoms with E-state index in [1.807, 2.05) is 24.1 Å². The number of rotatable bonds is 5. The fourth-order valence-electron chi connectivity index (χ4n) is 1.90. The van der Waals surface area contributed by atoms with Crippen molar-refractivity contribution >= 4 is 0 Å². The van der Waals surface area contributed by atoms with Crippen LogP contribution in [0.4, 0.5) is 0 Å². The monoisotopic (exact) mass is 229 g/mol. The van der Waals surface area contributed by atoms with E-state index in [4.69, 9.17) is 0 Å². The first-order chi connectivity index (χ1) is 8.24. The van der Waals surface area contributed by atoms with Gasteiger partial charge in [0, 0.05) is 31.4 Å². The van der Waals surface area contributed by atoms with Crippen molar-refractivity contribution in [3.8, 4) is 0 Å². The first-order valence-corrected chi connectivity index (χ1v) is 5.99. The van der Waals surface area contributed by atoms with Crippen molar-refractivity contribution in [2.75, 3.05) is 0 Å². The largest absolute Gasteiger partial charge is 0.310 e. The number of benzene rings is 1. The smallest absolute Gasteiger partial charge is 0.0534 e. The van der Waals surface area contributed by atoms with Crippen molar-refractivity contribution in [2.24, 2.45) is 7.05 Å². The van der Waals surface area contributed by atoms with E-state index in [1.165, 1.54) is 11.1 Å². The van der Waals surface area contributed by atoms with Gasteiger partial charge in [-0.05, 0) is 18.9 Å². The molecule has 3 heteroatoms. The van der Waals surface area contributed by atoms with Crippen LogP contribution in [0.15, 0.2) is 42.7 Å². The molecule has 1 aromatic carbocycles. The summed E-state index contributed by atoms with van der Waals surface area (Å²) in [5, 5.41) is 7.66. The van der Waals surface area contributed by atoms with E-state index < -0.39 is 0 Å². The van der Waals surface area contributed by atoms with E-state index in [0.717, 1.165) is 13.0 Å². The van der Waals surface area contributed by atoms with Gasteiger partial charge < -0.3 is 5.32 Å². The second-order valence-corrected chi connectivity index (χ2v) is 4.49. The molecule has 0 fully saturated rings. The molecule has 2 aromatic rings. The van der Waals surface area contributed by atoms with E-state index in [0.29, 0.717) is 6.04 Å². The minimum Gasteiger partial charge on any atom is -0.310 e. The summed E-state index contributed by atoms with van der Waals surface area (Å²) >= 11 is 0. The number of aryl methyl sites for hydroxylation is 1. The van der Waals surface area contributed by atoms with Gasteiger partial charge in [-0.2, -0.15) is 5.10 Å². The standard InChI is InChI=1S/C14H19N3/c1-12(8-13-6-4-3-5-7-13)15-9-14-10-16-17(2)11-14/h3-7,10-12,15H,8-9H2,1-2H3. The van der Waals surface area contributed by atoms with Crippen LogP contribution in [-0.2, 0) is 20.0 Å². The molecule has 17 heavy (non-hydrogen) atoms. The molecule has 0 spiro atoms. The van der Waals surface area contributed by atoms with Gasteiger partial charge in [-0.1, -0.05) is 30.3 Å². The second kappa shape index (κ2) is 5.64. The van der Waals surface area contributed by atoms with Gasteiger partial charge in [0.05, 0.1) is 6.20 Å². The summed E-state index contributed by atoms with van der Waals surface area (Å²) in [6.07, 6.45) is 5.01. The summed E-state index contributed by atoms with van der Waals surface area (Å²) in [7, 11) is 1.94. The van der Waals surface area contributed by atoms with E-state index >= 15 is 0 Å². The molecule has 0 aliphatic heterocycles. The Morgan fingerprint density at radius 1 is 1.24 bits per heavy atom. The van der Waals surface area contributed by atoms with E-state index in [-0.39, 0.29) is 0 Å². The topological polar surface area (TPSA) is 29.9 Å². The van der Waals surface area contributed by atoms with Gasteiger partial charge in [-0.15, -0.1) is 0 Å². The third-order valence-electron chi connectivity index (χ3n) is 2.80. The maximum absolute atomic E-state index is 4.16. The summed E-state index contributed by atoms with van der Waals surface area (Å²) in [4.78, 5) is 0. The summed E-state index contributed by atoms with van der Waals surface area (Å²) in [5.41, 5.74) is 2.60. The van der Waals surface area contributed by atoms with Gasteiger partial charge in [0.2, 0.25) is 0 Å². The molecular weight excluding hydrogens is 210 g/mol. The molecule has 0 aliphatic carbocycles. The van der Waals surface area contributed by atoms with Gasteiger partial charge >= 0.3 is 0 Å².